The molecule has 0 bridgehead atoms. The minimum Gasteiger partial charge on any atom is -0.392 e. The number of amides is 1. The normalized spacial score (nSPS) is 33.4. The van der Waals surface area contributed by atoms with Gasteiger partial charge < -0.3 is 15.7 Å². The van der Waals surface area contributed by atoms with Crippen LogP contribution in [0, 0.1) is 5.92 Å². The summed E-state index contributed by atoms with van der Waals surface area (Å²) in [5.74, 6) is 0.643. The maximum Gasteiger partial charge on any atom is 0.223 e. The summed E-state index contributed by atoms with van der Waals surface area (Å²) in [6.45, 7) is 7.03. The van der Waals surface area contributed by atoms with Crippen molar-refractivity contribution in [2.75, 3.05) is 26.2 Å². The predicted octanol–water partition coefficient (Wildman–Crippen LogP) is 0.417. The van der Waals surface area contributed by atoms with Gasteiger partial charge in [0.25, 0.3) is 0 Å². The molecule has 1 aliphatic carbocycles. The number of carbonyl (C=O) groups is 1. The lowest BCUT2D eigenvalue weighted by Crippen LogP contribution is -2.55. The first-order valence-corrected chi connectivity index (χ1v) is 7.93. The fraction of sp³-hybridized carbons (Fsp3) is 0.933. The molecule has 116 valence electrons. The molecule has 2 unspecified atom stereocenters. The average molecular weight is 283 g/mol. The molecular weight excluding hydrogens is 254 g/mol. The molecular formula is C15H29N3O2. The van der Waals surface area contributed by atoms with E-state index < -0.39 is 0 Å². The van der Waals surface area contributed by atoms with Gasteiger partial charge in [0.05, 0.1) is 6.10 Å². The first-order chi connectivity index (χ1) is 9.47. The van der Waals surface area contributed by atoms with Crippen LogP contribution < -0.4 is 5.73 Å². The van der Waals surface area contributed by atoms with Crippen molar-refractivity contribution in [2.45, 2.75) is 57.7 Å². The molecule has 0 aromatic rings. The molecule has 1 heterocycles. The zero-order valence-corrected chi connectivity index (χ0v) is 12.8. The first kappa shape index (κ1) is 15.7. The molecule has 2 fully saturated rings. The van der Waals surface area contributed by atoms with Crippen molar-refractivity contribution in [3.05, 3.63) is 0 Å². The van der Waals surface area contributed by atoms with Gasteiger partial charge in [-0.15, -0.1) is 0 Å². The van der Waals surface area contributed by atoms with E-state index in [0.717, 1.165) is 38.9 Å². The van der Waals surface area contributed by atoms with E-state index in [-0.39, 0.29) is 18.1 Å². The number of aliphatic hydroxyl groups is 1. The molecule has 4 atom stereocenters. The lowest BCUT2D eigenvalue weighted by Gasteiger charge is -2.40. The van der Waals surface area contributed by atoms with Gasteiger partial charge in [0.1, 0.15) is 0 Å². The lowest BCUT2D eigenvalue weighted by molar-refractivity contribution is -0.135. The molecule has 20 heavy (non-hydrogen) atoms. The molecule has 2 rings (SSSR count). The fourth-order valence-corrected chi connectivity index (χ4v) is 3.50. The van der Waals surface area contributed by atoms with Crippen molar-refractivity contribution in [1.29, 1.82) is 0 Å². The van der Waals surface area contributed by atoms with Gasteiger partial charge in [-0.25, -0.2) is 0 Å². The molecule has 5 nitrogen and oxygen atoms in total. The maximum absolute atomic E-state index is 12.4. The van der Waals surface area contributed by atoms with Gasteiger partial charge in [0.2, 0.25) is 5.91 Å². The smallest absolute Gasteiger partial charge is 0.223 e. The third-order valence-corrected chi connectivity index (χ3v) is 4.77. The molecule has 0 radical (unpaired) electrons. The van der Waals surface area contributed by atoms with Crippen molar-refractivity contribution < 1.29 is 9.90 Å². The summed E-state index contributed by atoms with van der Waals surface area (Å²) in [5, 5.41) is 9.48. The molecule has 1 aliphatic heterocycles. The Morgan fingerprint density at radius 2 is 2.15 bits per heavy atom. The maximum atomic E-state index is 12.4. The Bertz CT molecular complexity index is 335. The standard InChI is InChI=1S/C15H29N3O2/c1-11-9-18(7-6-17(11)10-12(2)19)15(20)8-13-4-3-5-14(13)16/h11-14,19H,3-10,16H2,1-2H3/t11?,12?,13-,14+/m0/s1. The van der Waals surface area contributed by atoms with Gasteiger partial charge in [0, 0.05) is 44.7 Å². The zero-order valence-electron chi connectivity index (χ0n) is 12.8. The molecule has 3 N–H and O–H groups in total. The monoisotopic (exact) mass is 283 g/mol. The quantitative estimate of drug-likeness (QED) is 0.784. The molecule has 0 aromatic heterocycles. The second kappa shape index (κ2) is 6.87. The summed E-state index contributed by atoms with van der Waals surface area (Å²) < 4.78 is 0. The van der Waals surface area contributed by atoms with Crippen molar-refractivity contribution in [2.24, 2.45) is 11.7 Å². The molecule has 0 aromatic carbocycles. The first-order valence-electron chi connectivity index (χ1n) is 7.93. The highest BCUT2D eigenvalue weighted by Crippen LogP contribution is 2.27. The molecule has 1 saturated carbocycles. The van der Waals surface area contributed by atoms with Crippen LogP contribution in [-0.4, -0.2) is 65.2 Å². The van der Waals surface area contributed by atoms with Gasteiger partial charge in [-0.05, 0) is 32.6 Å². The Kier molecular flexibility index (Phi) is 5.41. The average Bonchev–Trinajstić information content (AvgIpc) is 2.77. The van der Waals surface area contributed by atoms with Crippen LogP contribution in [0.3, 0.4) is 0 Å². The Balaban J connectivity index is 1.81. The Hall–Kier alpha value is -0.650. The van der Waals surface area contributed by atoms with Gasteiger partial charge in [-0.1, -0.05) is 6.42 Å². The summed E-state index contributed by atoms with van der Waals surface area (Å²) in [4.78, 5) is 16.6. The van der Waals surface area contributed by atoms with Crippen LogP contribution in [0.1, 0.15) is 39.5 Å². The Morgan fingerprint density at radius 1 is 1.40 bits per heavy atom. The Labute approximate surface area is 122 Å². The van der Waals surface area contributed by atoms with Crippen molar-refractivity contribution in [1.82, 2.24) is 9.80 Å². The summed E-state index contributed by atoms with van der Waals surface area (Å²) in [6, 6.07) is 0.535. The molecule has 0 spiro atoms. The molecule has 1 amide bonds. The van der Waals surface area contributed by atoms with Crippen molar-refractivity contribution >= 4 is 5.91 Å². The second-order valence-corrected chi connectivity index (χ2v) is 6.59. The summed E-state index contributed by atoms with van der Waals surface area (Å²) in [7, 11) is 0. The van der Waals surface area contributed by atoms with Gasteiger partial charge in [0.15, 0.2) is 0 Å². The number of β-amino-alcohol motifs (C(OH)–C–C–N with tert-alkyl or cyclic N) is 1. The molecule has 5 heteroatoms. The third-order valence-electron chi connectivity index (χ3n) is 4.77. The number of hydrogen-bond donors (Lipinski definition) is 2. The number of hydrogen-bond acceptors (Lipinski definition) is 4. The SMILES string of the molecule is CC(O)CN1CCN(C(=O)C[C@@H]2CCC[C@H]2N)CC1C. The van der Waals surface area contributed by atoms with Crippen molar-refractivity contribution in [3.8, 4) is 0 Å². The van der Waals surface area contributed by atoms with Crippen LogP contribution >= 0.6 is 0 Å². The fourth-order valence-electron chi connectivity index (χ4n) is 3.50. The predicted molar refractivity (Wildman–Crippen MR) is 79.2 cm³/mol. The van der Waals surface area contributed by atoms with E-state index in [4.69, 9.17) is 5.73 Å². The van der Waals surface area contributed by atoms with E-state index in [0.29, 0.717) is 24.9 Å². The highest BCUT2D eigenvalue weighted by Gasteiger charge is 2.31. The van der Waals surface area contributed by atoms with E-state index in [1.54, 1.807) is 0 Å². The van der Waals surface area contributed by atoms with Crippen LogP contribution in [0.5, 0.6) is 0 Å². The summed E-state index contributed by atoms with van der Waals surface area (Å²) in [6.07, 6.45) is 3.64. The van der Waals surface area contributed by atoms with E-state index >= 15 is 0 Å². The van der Waals surface area contributed by atoms with Gasteiger partial charge in [-0.2, -0.15) is 0 Å². The van der Waals surface area contributed by atoms with Crippen LogP contribution in [0.15, 0.2) is 0 Å². The van der Waals surface area contributed by atoms with Gasteiger partial charge >= 0.3 is 0 Å². The van der Waals surface area contributed by atoms with Crippen LogP contribution in [0.2, 0.25) is 0 Å². The highest BCUT2D eigenvalue weighted by molar-refractivity contribution is 5.76. The number of nitrogens with zero attached hydrogens (tertiary/aromatic N) is 2. The largest absolute Gasteiger partial charge is 0.392 e. The van der Waals surface area contributed by atoms with Gasteiger partial charge in [-0.3, -0.25) is 9.69 Å². The van der Waals surface area contributed by atoms with Crippen LogP contribution in [0.25, 0.3) is 0 Å². The zero-order chi connectivity index (χ0) is 14.7. The summed E-state index contributed by atoms with van der Waals surface area (Å²) >= 11 is 0. The topological polar surface area (TPSA) is 69.8 Å². The summed E-state index contributed by atoms with van der Waals surface area (Å²) in [5.41, 5.74) is 6.05. The number of aliphatic hydroxyl groups excluding tert-OH is 1. The third kappa shape index (κ3) is 3.93. The highest BCUT2D eigenvalue weighted by atomic mass is 16.3. The van der Waals surface area contributed by atoms with Crippen LogP contribution in [-0.2, 0) is 4.79 Å². The second-order valence-electron chi connectivity index (χ2n) is 6.59. The van der Waals surface area contributed by atoms with E-state index in [9.17, 15) is 9.90 Å². The number of piperazine rings is 1. The van der Waals surface area contributed by atoms with E-state index in [1.165, 1.54) is 0 Å². The van der Waals surface area contributed by atoms with E-state index in [1.807, 2.05) is 11.8 Å². The van der Waals surface area contributed by atoms with Crippen LogP contribution in [0.4, 0.5) is 0 Å². The minimum atomic E-state index is -0.309. The molecule has 2 aliphatic rings. The number of rotatable bonds is 4. The van der Waals surface area contributed by atoms with E-state index in [2.05, 4.69) is 11.8 Å². The lowest BCUT2D eigenvalue weighted by atomic mass is 9.99. The molecule has 1 saturated heterocycles. The number of nitrogens with two attached hydrogens (primary N) is 1. The number of carbonyl (C=O) groups excluding carboxylic acids is 1. The Morgan fingerprint density at radius 3 is 2.70 bits per heavy atom. The minimum absolute atomic E-state index is 0.216. The van der Waals surface area contributed by atoms with Crippen molar-refractivity contribution in [3.63, 3.8) is 0 Å².